The number of rotatable bonds is 0. The van der Waals surface area contributed by atoms with Crippen molar-refractivity contribution in [2.45, 2.75) is 6.92 Å². The summed E-state index contributed by atoms with van der Waals surface area (Å²) in [5.74, 6) is 0. The highest BCUT2D eigenvalue weighted by molar-refractivity contribution is 7.79. The highest BCUT2D eigenvalue weighted by Gasteiger charge is 1.84. The van der Waals surface area contributed by atoms with E-state index in [0.717, 1.165) is 0 Å². The summed E-state index contributed by atoms with van der Waals surface area (Å²) in [5, 5.41) is 0. The van der Waals surface area contributed by atoms with Crippen LogP contribution in [0, 0.1) is 0 Å². The van der Waals surface area contributed by atoms with E-state index in [4.69, 9.17) is 17.5 Å². The minimum atomic E-state index is -4.67. The Morgan fingerprint density at radius 3 is 1.56 bits per heavy atom. The molecule has 0 radical (unpaired) electrons. The fourth-order valence-electron chi connectivity index (χ4n) is 0. The summed E-state index contributed by atoms with van der Waals surface area (Å²) in [7, 11) is -4.67. The fraction of sp³-hybridized carbons (Fsp3) is 0.333. The Morgan fingerprint density at radius 1 is 1.44 bits per heavy atom. The minimum absolute atomic E-state index is 0.500. The molecular formula is C3H7FO4S. The molecule has 0 rings (SSSR count). The molecule has 56 valence electrons. The lowest BCUT2D eigenvalue weighted by Gasteiger charge is -1.68. The van der Waals surface area contributed by atoms with Gasteiger partial charge in [0.2, 0.25) is 0 Å². The zero-order valence-electron chi connectivity index (χ0n) is 4.65. The average Bonchev–Trinajstić information content (AvgIpc) is 1.61. The molecule has 0 aromatic rings. The first-order valence-electron chi connectivity index (χ1n) is 1.83. The summed E-state index contributed by atoms with van der Waals surface area (Å²) in [6.07, 6.45) is 1.83. The van der Waals surface area contributed by atoms with Gasteiger partial charge in [-0.25, -0.2) is 4.39 Å². The standard InChI is InChI=1S/C3H5F.H2O4S/c1-2-3-4;1-5(2,3)4/h2-3H,1H3;(H2,1,2,3,4). The molecule has 0 unspecified atom stereocenters. The van der Waals surface area contributed by atoms with Crippen LogP contribution >= 0.6 is 0 Å². The van der Waals surface area contributed by atoms with Crippen LogP contribution in [0.1, 0.15) is 6.92 Å². The summed E-state index contributed by atoms with van der Waals surface area (Å²) in [6.45, 7) is 1.62. The number of hydrogen-bond acceptors (Lipinski definition) is 2. The van der Waals surface area contributed by atoms with Crippen LogP contribution in [0.2, 0.25) is 0 Å². The molecule has 0 saturated heterocycles. The summed E-state index contributed by atoms with van der Waals surface area (Å²) in [4.78, 5) is 0. The molecule has 0 aliphatic heterocycles. The number of allylic oxidation sites excluding steroid dienone is 1. The Kier molecular flexibility index (Phi) is 7.15. The van der Waals surface area contributed by atoms with Crippen LogP contribution in [-0.4, -0.2) is 17.5 Å². The van der Waals surface area contributed by atoms with E-state index in [-0.39, 0.29) is 0 Å². The van der Waals surface area contributed by atoms with E-state index in [9.17, 15) is 4.39 Å². The van der Waals surface area contributed by atoms with Crippen LogP contribution in [0.4, 0.5) is 4.39 Å². The van der Waals surface area contributed by atoms with Crippen LogP contribution in [-0.2, 0) is 10.4 Å². The first-order valence-corrected chi connectivity index (χ1v) is 3.22. The molecule has 0 amide bonds. The molecule has 9 heavy (non-hydrogen) atoms. The lowest BCUT2D eigenvalue weighted by molar-refractivity contribution is 0.381. The van der Waals surface area contributed by atoms with Gasteiger partial charge in [0.15, 0.2) is 0 Å². The Balaban J connectivity index is 0. The minimum Gasteiger partial charge on any atom is -0.264 e. The van der Waals surface area contributed by atoms with Gasteiger partial charge in [0.25, 0.3) is 0 Å². The van der Waals surface area contributed by atoms with Gasteiger partial charge in [-0.2, -0.15) is 8.42 Å². The molecular weight excluding hydrogens is 151 g/mol. The summed E-state index contributed by atoms with van der Waals surface area (Å²) in [6, 6.07) is 0. The monoisotopic (exact) mass is 158 g/mol. The maximum absolute atomic E-state index is 10.5. The van der Waals surface area contributed by atoms with Crippen molar-refractivity contribution < 1.29 is 21.9 Å². The molecule has 4 nitrogen and oxygen atoms in total. The van der Waals surface area contributed by atoms with Crippen LogP contribution in [0.25, 0.3) is 0 Å². The smallest absolute Gasteiger partial charge is 0.264 e. The third-order valence-electron chi connectivity index (χ3n) is 0.126. The van der Waals surface area contributed by atoms with Crippen molar-refractivity contribution in [3.63, 3.8) is 0 Å². The van der Waals surface area contributed by atoms with Gasteiger partial charge in [-0.15, -0.1) is 0 Å². The Hall–Kier alpha value is -0.460. The van der Waals surface area contributed by atoms with Crippen LogP contribution in [0.3, 0.4) is 0 Å². The zero-order chi connectivity index (χ0) is 7.91. The third kappa shape index (κ3) is 794. The topological polar surface area (TPSA) is 74.6 Å². The first kappa shape index (κ1) is 11.4. The van der Waals surface area contributed by atoms with Gasteiger partial charge < -0.3 is 0 Å². The number of hydrogen-bond donors (Lipinski definition) is 2. The lowest BCUT2D eigenvalue weighted by atomic mass is 10.8. The molecule has 0 aromatic heterocycles. The average molecular weight is 158 g/mol. The maximum Gasteiger partial charge on any atom is 0.394 e. The molecule has 0 aliphatic carbocycles. The van der Waals surface area contributed by atoms with Gasteiger partial charge in [0.1, 0.15) is 0 Å². The molecule has 6 heteroatoms. The van der Waals surface area contributed by atoms with Gasteiger partial charge in [-0.05, 0) is 6.92 Å². The van der Waals surface area contributed by atoms with E-state index in [2.05, 4.69) is 0 Å². The van der Waals surface area contributed by atoms with Crippen molar-refractivity contribution >= 4 is 10.4 Å². The second-order valence-corrected chi connectivity index (χ2v) is 1.80. The number of halogens is 1. The quantitative estimate of drug-likeness (QED) is 0.512. The predicted octanol–water partition coefficient (Wildman–Crippen LogP) is 0.837. The Morgan fingerprint density at radius 2 is 1.56 bits per heavy atom. The summed E-state index contributed by atoms with van der Waals surface area (Å²) < 4.78 is 42.1. The highest BCUT2D eigenvalue weighted by Crippen LogP contribution is 1.62. The van der Waals surface area contributed by atoms with Crippen molar-refractivity contribution in [2.75, 3.05) is 0 Å². The van der Waals surface area contributed by atoms with Crippen molar-refractivity contribution in [1.29, 1.82) is 0 Å². The van der Waals surface area contributed by atoms with Gasteiger partial charge in [-0.1, -0.05) is 6.08 Å². The molecule has 0 aliphatic rings. The molecule has 0 heterocycles. The van der Waals surface area contributed by atoms with E-state index >= 15 is 0 Å². The normalized spacial score (nSPS) is 10.7. The largest absolute Gasteiger partial charge is 0.394 e. The van der Waals surface area contributed by atoms with E-state index in [1.165, 1.54) is 6.08 Å². The van der Waals surface area contributed by atoms with Crippen molar-refractivity contribution in [2.24, 2.45) is 0 Å². The zero-order valence-corrected chi connectivity index (χ0v) is 5.47. The Bertz CT molecular complexity index is 147. The highest BCUT2D eigenvalue weighted by atomic mass is 32.3. The van der Waals surface area contributed by atoms with Crippen LogP contribution < -0.4 is 0 Å². The molecule has 0 bridgehead atoms. The van der Waals surface area contributed by atoms with Gasteiger partial charge in [0, 0.05) is 0 Å². The summed E-state index contributed by atoms with van der Waals surface area (Å²) in [5.41, 5.74) is 0. The second-order valence-electron chi connectivity index (χ2n) is 0.907. The van der Waals surface area contributed by atoms with Gasteiger partial charge in [-0.3, -0.25) is 9.11 Å². The molecule has 0 fully saturated rings. The lowest BCUT2D eigenvalue weighted by Crippen LogP contribution is -1.89. The third-order valence-corrected chi connectivity index (χ3v) is 0.126. The SMILES string of the molecule is CC=CF.O=S(=O)(O)O. The van der Waals surface area contributed by atoms with E-state index in [1.54, 1.807) is 6.92 Å². The first-order chi connectivity index (χ1) is 3.91. The van der Waals surface area contributed by atoms with Gasteiger partial charge in [0.05, 0.1) is 6.33 Å². The van der Waals surface area contributed by atoms with Crippen molar-refractivity contribution in [3.05, 3.63) is 12.4 Å². The van der Waals surface area contributed by atoms with Crippen LogP contribution in [0.15, 0.2) is 12.4 Å². The molecule has 0 aromatic carbocycles. The van der Waals surface area contributed by atoms with E-state index in [0.29, 0.717) is 6.33 Å². The van der Waals surface area contributed by atoms with Gasteiger partial charge >= 0.3 is 10.4 Å². The molecule has 0 atom stereocenters. The second kappa shape index (κ2) is 5.67. The summed E-state index contributed by atoms with van der Waals surface area (Å²) >= 11 is 0. The molecule has 0 saturated carbocycles. The Labute approximate surface area is 52.6 Å². The van der Waals surface area contributed by atoms with E-state index in [1.807, 2.05) is 0 Å². The maximum atomic E-state index is 10.5. The fourth-order valence-corrected chi connectivity index (χ4v) is 0. The van der Waals surface area contributed by atoms with Crippen molar-refractivity contribution in [3.8, 4) is 0 Å². The predicted molar refractivity (Wildman–Crippen MR) is 30.1 cm³/mol. The van der Waals surface area contributed by atoms with E-state index < -0.39 is 10.4 Å². The van der Waals surface area contributed by atoms with Crippen LogP contribution in [0.5, 0.6) is 0 Å². The molecule has 2 N–H and O–H groups in total. The van der Waals surface area contributed by atoms with Crippen molar-refractivity contribution in [1.82, 2.24) is 0 Å². The molecule has 0 spiro atoms.